The molecule has 158 valence electrons. The normalized spacial score (nSPS) is 19.2. The van der Waals surface area contributed by atoms with E-state index in [4.69, 9.17) is 26.6 Å². The van der Waals surface area contributed by atoms with Gasteiger partial charge in [0.2, 0.25) is 5.95 Å². The topological polar surface area (TPSA) is 89.2 Å². The van der Waals surface area contributed by atoms with Crippen molar-refractivity contribution in [3.05, 3.63) is 29.5 Å². The number of rotatable bonds is 9. The number of halogens is 2. The minimum absolute atomic E-state index is 0.282. The van der Waals surface area contributed by atoms with Crippen LogP contribution in [-0.2, 0) is 4.18 Å². The predicted octanol–water partition coefficient (Wildman–Crippen LogP) is 5.37. The van der Waals surface area contributed by atoms with E-state index < -0.39 is 0 Å². The van der Waals surface area contributed by atoms with Gasteiger partial charge >= 0.3 is 0 Å². The van der Waals surface area contributed by atoms with E-state index in [9.17, 15) is 0 Å². The van der Waals surface area contributed by atoms with E-state index in [1.54, 1.807) is 17.4 Å². The van der Waals surface area contributed by atoms with Crippen LogP contribution in [0.15, 0.2) is 24.5 Å². The van der Waals surface area contributed by atoms with Gasteiger partial charge in [-0.05, 0) is 44.2 Å². The molecule has 1 saturated carbocycles. The number of anilines is 2. The molecule has 0 aromatic carbocycles. The molecule has 1 aliphatic rings. The summed E-state index contributed by atoms with van der Waals surface area (Å²) in [5, 5.41) is 5.79. The molecule has 0 saturated heterocycles. The van der Waals surface area contributed by atoms with Crippen LogP contribution in [0.4, 0.5) is 11.8 Å². The first-order valence-corrected chi connectivity index (χ1v) is 12.8. The number of nitrogens with one attached hydrogen (secondary N) is 1. The summed E-state index contributed by atoms with van der Waals surface area (Å²) in [5.41, 5.74) is 1.61. The van der Waals surface area contributed by atoms with Gasteiger partial charge in [0.25, 0.3) is 0 Å². The molecule has 7 nitrogen and oxygen atoms in total. The quantitative estimate of drug-likeness (QED) is 0.269. The summed E-state index contributed by atoms with van der Waals surface area (Å²) in [6.45, 7) is 2.84. The molecule has 3 rings (SSSR count). The Bertz CT molecular complexity index is 776. The molecular weight excluding hydrogens is 476 g/mol. The van der Waals surface area contributed by atoms with E-state index in [1.165, 1.54) is 10.5 Å². The van der Waals surface area contributed by atoms with Gasteiger partial charge in [0.05, 0.1) is 32.9 Å². The molecule has 3 N–H and O–H groups in total. The Kier molecular flexibility index (Phi) is 8.80. The lowest BCUT2D eigenvalue weighted by Gasteiger charge is -2.29. The maximum atomic E-state index is 6.17. The molecule has 2 aromatic heterocycles. The number of nitrogens with zero attached hydrogens (tertiary/aromatic N) is 4. The predicted molar refractivity (Wildman–Crippen MR) is 124 cm³/mol. The van der Waals surface area contributed by atoms with Crippen molar-refractivity contribution in [2.75, 3.05) is 16.9 Å². The van der Waals surface area contributed by atoms with Crippen molar-refractivity contribution in [1.82, 2.24) is 15.0 Å². The van der Waals surface area contributed by atoms with Crippen molar-refractivity contribution in [1.29, 1.82) is 0 Å². The van der Waals surface area contributed by atoms with Gasteiger partial charge < -0.3 is 9.50 Å². The summed E-state index contributed by atoms with van der Waals surface area (Å²) < 4.78 is 5.61. The zero-order valence-corrected chi connectivity index (χ0v) is 19.5. The van der Waals surface area contributed by atoms with Gasteiger partial charge in [-0.15, -0.1) is 0 Å². The zero-order valence-electron chi connectivity index (χ0n) is 16.4. The molecule has 29 heavy (non-hydrogen) atoms. The molecule has 0 unspecified atom stereocenters. The second-order valence-electron chi connectivity index (χ2n) is 7.12. The molecule has 2 heterocycles. The molecule has 0 bridgehead atoms. The first-order chi connectivity index (χ1) is 14.1. The Hall–Kier alpha value is -1.13. The van der Waals surface area contributed by atoms with Crippen molar-refractivity contribution in [2.45, 2.75) is 57.6 Å². The standard InChI is InChI=1S/C19H26BrClN6OS/c1-2-3-10-27(22)19-24-12-16(17-9-4-13(21)11-23-17)18(26-19)25-14-5-7-15(8-6-14)28-29-20/h4,9,11-12,14-15H,2-3,5-8,10,22H2,1H3,(H,24,25,26)/t14-,15-. The van der Waals surface area contributed by atoms with Crippen LogP contribution in [0.2, 0.25) is 5.02 Å². The first kappa shape index (κ1) is 22.6. The molecule has 0 radical (unpaired) electrons. The van der Waals surface area contributed by atoms with E-state index in [0.29, 0.717) is 23.6 Å². The van der Waals surface area contributed by atoms with E-state index >= 15 is 0 Å². The van der Waals surface area contributed by atoms with Crippen LogP contribution in [0.1, 0.15) is 45.4 Å². The highest BCUT2D eigenvalue weighted by atomic mass is 79.9. The van der Waals surface area contributed by atoms with Gasteiger partial charge in [0, 0.05) is 39.8 Å². The average molecular weight is 502 g/mol. The van der Waals surface area contributed by atoms with Crippen molar-refractivity contribution in [3.8, 4) is 11.3 Å². The van der Waals surface area contributed by atoms with E-state index in [1.807, 2.05) is 12.1 Å². The fourth-order valence-electron chi connectivity index (χ4n) is 3.32. The average Bonchev–Trinajstić information content (AvgIpc) is 2.74. The Morgan fingerprint density at radius 1 is 1.28 bits per heavy atom. The minimum atomic E-state index is 0.282. The van der Waals surface area contributed by atoms with Crippen molar-refractivity contribution in [2.24, 2.45) is 5.84 Å². The van der Waals surface area contributed by atoms with Gasteiger partial charge in [-0.3, -0.25) is 9.99 Å². The number of nitrogens with two attached hydrogens (primary N) is 1. The number of unbranched alkanes of at least 4 members (excludes halogenated alkanes) is 1. The van der Waals surface area contributed by atoms with Crippen LogP contribution in [0.3, 0.4) is 0 Å². The molecule has 0 spiro atoms. The molecule has 0 amide bonds. The second-order valence-corrected chi connectivity index (χ2v) is 8.67. The third kappa shape index (κ3) is 6.42. The molecule has 0 aliphatic heterocycles. The van der Waals surface area contributed by atoms with Crippen molar-refractivity contribution < 1.29 is 4.18 Å². The van der Waals surface area contributed by atoms with Crippen molar-refractivity contribution >= 4 is 48.7 Å². The molecule has 0 atom stereocenters. The monoisotopic (exact) mass is 500 g/mol. The fourth-order valence-corrected chi connectivity index (χ4v) is 4.37. The maximum Gasteiger partial charge on any atom is 0.241 e. The summed E-state index contributed by atoms with van der Waals surface area (Å²) >= 11 is 9.26. The minimum Gasteiger partial charge on any atom is -0.367 e. The van der Waals surface area contributed by atoms with Gasteiger partial charge in [0.1, 0.15) is 5.82 Å². The Balaban J connectivity index is 1.81. The highest BCUT2D eigenvalue weighted by Crippen LogP contribution is 2.31. The zero-order chi connectivity index (χ0) is 20.6. The largest absolute Gasteiger partial charge is 0.367 e. The van der Waals surface area contributed by atoms with Crippen LogP contribution in [-0.4, -0.2) is 33.6 Å². The van der Waals surface area contributed by atoms with Crippen molar-refractivity contribution in [3.63, 3.8) is 0 Å². The summed E-state index contributed by atoms with van der Waals surface area (Å²) in [6, 6.07) is 4.01. The molecular formula is C19H26BrClN6OS. The third-order valence-electron chi connectivity index (χ3n) is 4.98. The van der Waals surface area contributed by atoms with E-state index in [0.717, 1.165) is 55.6 Å². The van der Waals surface area contributed by atoms with E-state index in [2.05, 4.69) is 37.0 Å². The van der Waals surface area contributed by atoms with Gasteiger partial charge in [-0.2, -0.15) is 4.98 Å². The van der Waals surface area contributed by atoms with Gasteiger partial charge in [-0.25, -0.2) is 10.8 Å². The lowest BCUT2D eigenvalue weighted by Crippen LogP contribution is -2.34. The van der Waals surface area contributed by atoms with Crippen LogP contribution in [0.25, 0.3) is 11.3 Å². The number of aromatic nitrogens is 3. The Labute approximate surface area is 188 Å². The van der Waals surface area contributed by atoms with Crippen LogP contribution >= 0.6 is 36.9 Å². The Morgan fingerprint density at radius 3 is 2.72 bits per heavy atom. The van der Waals surface area contributed by atoms with Crippen LogP contribution < -0.4 is 16.2 Å². The van der Waals surface area contributed by atoms with Gasteiger partial charge in [-0.1, -0.05) is 24.9 Å². The molecule has 2 aromatic rings. The lowest BCUT2D eigenvalue weighted by molar-refractivity contribution is 0.182. The smallest absolute Gasteiger partial charge is 0.241 e. The van der Waals surface area contributed by atoms with Gasteiger partial charge in [0.15, 0.2) is 0 Å². The van der Waals surface area contributed by atoms with E-state index in [-0.39, 0.29) is 6.10 Å². The number of hydrogen-bond acceptors (Lipinski definition) is 8. The summed E-state index contributed by atoms with van der Waals surface area (Å²) in [6.07, 6.45) is 9.76. The Morgan fingerprint density at radius 2 is 2.07 bits per heavy atom. The second kappa shape index (κ2) is 11.3. The molecule has 10 heteroatoms. The highest BCUT2D eigenvalue weighted by Gasteiger charge is 2.24. The lowest BCUT2D eigenvalue weighted by atomic mass is 9.93. The summed E-state index contributed by atoms with van der Waals surface area (Å²) in [5.74, 6) is 7.42. The summed E-state index contributed by atoms with van der Waals surface area (Å²) in [7, 11) is 1.26. The third-order valence-corrected chi connectivity index (χ3v) is 6.00. The number of hydrazine groups is 1. The molecule has 1 aliphatic carbocycles. The highest BCUT2D eigenvalue weighted by molar-refractivity contribution is 9.49. The maximum absolute atomic E-state index is 6.17. The number of hydrogen-bond donors (Lipinski definition) is 2. The first-order valence-electron chi connectivity index (χ1n) is 9.82. The van der Waals surface area contributed by atoms with Crippen LogP contribution in [0.5, 0.6) is 0 Å². The fraction of sp³-hybridized carbons (Fsp3) is 0.526. The molecule has 1 fully saturated rings. The SMILES string of the molecule is CCCCN(N)c1ncc(-c2ccc(Cl)cn2)c(N[C@H]2CC[C@H](OSBr)CC2)n1. The van der Waals surface area contributed by atoms with Crippen LogP contribution in [0, 0.1) is 0 Å². The number of pyridine rings is 1. The summed E-state index contributed by atoms with van der Waals surface area (Å²) in [4.78, 5) is 13.6.